The summed E-state index contributed by atoms with van der Waals surface area (Å²) in [6.45, 7) is 5.37. The Kier molecular flexibility index (Phi) is 10.5. The number of ether oxygens (including phenoxy) is 1. The van der Waals surface area contributed by atoms with Crippen LogP contribution in [0.25, 0.3) is 0 Å². The van der Waals surface area contributed by atoms with Gasteiger partial charge in [0.2, 0.25) is 21.8 Å². The van der Waals surface area contributed by atoms with Gasteiger partial charge in [0.15, 0.2) is 0 Å². The molecule has 2 atom stereocenters. The van der Waals surface area contributed by atoms with Crippen LogP contribution >= 0.6 is 11.6 Å². The molecule has 2 rings (SSSR count). The van der Waals surface area contributed by atoms with Gasteiger partial charge in [-0.05, 0) is 61.7 Å². The molecule has 35 heavy (non-hydrogen) atoms. The third kappa shape index (κ3) is 7.68. The Hall–Kier alpha value is -2.62. The fraction of sp³-hybridized carbons (Fsp3) is 0.440. The Morgan fingerprint density at radius 3 is 2.31 bits per heavy atom. The summed E-state index contributed by atoms with van der Waals surface area (Å²) in [6.07, 6.45) is 1.11. The standard InChI is InChI=1S/C25H34ClN3O5S/c1-6-18(3)27-25(31)23(7-2)29(16-19-9-8-10-21(15-19)34-5)24(30)17-28(4)35(32,33)22-13-11-20(26)12-14-22/h8-15,18,23H,6-7,16-17H2,1-5H3,(H,27,31). The zero-order chi connectivity index (χ0) is 26.2. The maximum atomic E-state index is 13.5. The number of amides is 2. The SMILES string of the molecule is CCC(C)NC(=O)C(CC)N(Cc1cccc(OC)c1)C(=O)CN(C)S(=O)(=O)c1ccc(Cl)cc1. The first-order valence-corrected chi connectivity index (χ1v) is 13.3. The predicted molar refractivity (Wildman–Crippen MR) is 137 cm³/mol. The van der Waals surface area contributed by atoms with Crippen LogP contribution in [0, 0.1) is 0 Å². The molecule has 10 heteroatoms. The van der Waals surface area contributed by atoms with E-state index in [1.54, 1.807) is 25.3 Å². The van der Waals surface area contributed by atoms with Crippen LogP contribution in [0.2, 0.25) is 5.02 Å². The van der Waals surface area contributed by atoms with Crippen molar-refractivity contribution in [2.75, 3.05) is 20.7 Å². The molecule has 0 aliphatic rings. The van der Waals surface area contributed by atoms with E-state index in [1.807, 2.05) is 26.8 Å². The molecule has 192 valence electrons. The molecular formula is C25H34ClN3O5S. The second kappa shape index (κ2) is 12.9. The number of carbonyl (C=O) groups is 2. The van der Waals surface area contributed by atoms with E-state index in [1.165, 1.54) is 36.2 Å². The van der Waals surface area contributed by atoms with Crippen molar-refractivity contribution in [1.82, 2.24) is 14.5 Å². The van der Waals surface area contributed by atoms with E-state index >= 15 is 0 Å². The molecule has 0 radical (unpaired) electrons. The number of halogens is 1. The molecule has 2 amide bonds. The maximum absolute atomic E-state index is 13.5. The van der Waals surface area contributed by atoms with Crippen LogP contribution in [0.5, 0.6) is 5.75 Å². The second-order valence-corrected chi connectivity index (χ2v) is 10.8. The molecular weight excluding hydrogens is 490 g/mol. The number of hydrogen-bond acceptors (Lipinski definition) is 5. The summed E-state index contributed by atoms with van der Waals surface area (Å²) in [4.78, 5) is 28.0. The summed E-state index contributed by atoms with van der Waals surface area (Å²) in [7, 11) is -1.05. The summed E-state index contributed by atoms with van der Waals surface area (Å²) in [6, 6.07) is 12.1. The molecule has 0 bridgehead atoms. The van der Waals surface area contributed by atoms with Gasteiger partial charge in [0.1, 0.15) is 11.8 Å². The van der Waals surface area contributed by atoms with E-state index in [0.29, 0.717) is 17.2 Å². The summed E-state index contributed by atoms with van der Waals surface area (Å²) in [5.74, 6) is -0.144. The van der Waals surface area contributed by atoms with Crippen LogP contribution in [0.1, 0.15) is 39.2 Å². The zero-order valence-electron chi connectivity index (χ0n) is 20.8. The highest BCUT2D eigenvalue weighted by atomic mass is 35.5. The Morgan fingerprint density at radius 1 is 1.09 bits per heavy atom. The number of methoxy groups -OCH3 is 1. The van der Waals surface area contributed by atoms with Gasteiger partial charge in [-0.15, -0.1) is 0 Å². The van der Waals surface area contributed by atoms with Gasteiger partial charge in [-0.25, -0.2) is 8.42 Å². The van der Waals surface area contributed by atoms with E-state index < -0.39 is 28.5 Å². The largest absolute Gasteiger partial charge is 0.497 e. The first-order chi connectivity index (χ1) is 16.5. The molecule has 0 saturated heterocycles. The maximum Gasteiger partial charge on any atom is 0.243 e. The number of hydrogen-bond donors (Lipinski definition) is 1. The topological polar surface area (TPSA) is 96.0 Å². The molecule has 0 aliphatic carbocycles. The van der Waals surface area contributed by atoms with Crippen molar-refractivity contribution in [3.05, 3.63) is 59.1 Å². The van der Waals surface area contributed by atoms with Gasteiger partial charge in [0.05, 0.1) is 18.6 Å². The predicted octanol–water partition coefficient (Wildman–Crippen LogP) is 3.69. The van der Waals surface area contributed by atoms with Gasteiger partial charge in [-0.3, -0.25) is 9.59 Å². The third-order valence-corrected chi connectivity index (χ3v) is 7.82. The minimum atomic E-state index is -3.94. The molecule has 0 spiro atoms. The van der Waals surface area contributed by atoms with Gasteiger partial charge in [0, 0.05) is 24.7 Å². The normalized spacial score (nSPS) is 13.2. The van der Waals surface area contributed by atoms with Gasteiger partial charge < -0.3 is 15.0 Å². The van der Waals surface area contributed by atoms with Gasteiger partial charge >= 0.3 is 0 Å². The van der Waals surface area contributed by atoms with E-state index in [9.17, 15) is 18.0 Å². The van der Waals surface area contributed by atoms with E-state index in [4.69, 9.17) is 16.3 Å². The Balaban J connectivity index is 2.35. The molecule has 0 heterocycles. The first kappa shape index (κ1) is 28.6. The van der Waals surface area contributed by atoms with Crippen molar-refractivity contribution in [1.29, 1.82) is 0 Å². The van der Waals surface area contributed by atoms with Crippen molar-refractivity contribution in [2.45, 2.75) is 57.1 Å². The Labute approximate surface area is 213 Å². The summed E-state index contributed by atoms with van der Waals surface area (Å²) >= 11 is 5.88. The lowest BCUT2D eigenvalue weighted by Crippen LogP contribution is -2.53. The minimum absolute atomic E-state index is 0.0260. The number of rotatable bonds is 12. The van der Waals surface area contributed by atoms with Crippen LogP contribution in [0.3, 0.4) is 0 Å². The fourth-order valence-corrected chi connectivity index (χ4v) is 4.73. The highest BCUT2D eigenvalue weighted by Crippen LogP contribution is 2.20. The molecule has 1 N–H and O–H groups in total. The van der Waals surface area contributed by atoms with Crippen molar-refractivity contribution >= 4 is 33.4 Å². The number of likely N-dealkylation sites (N-methyl/N-ethyl adjacent to an activating group) is 1. The summed E-state index contributed by atoms with van der Waals surface area (Å²) in [5, 5.41) is 3.34. The van der Waals surface area contributed by atoms with Crippen LogP contribution in [0.4, 0.5) is 0 Å². The number of carbonyl (C=O) groups excluding carboxylic acids is 2. The summed E-state index contributed by atoms with van der Waals surface area (Å²) < 4.78 is 32.3. The molecule has 2 aromatic rings. The van der Waals surface area contributed by atoms with E-state index in [-0.39, 0.29) is 23.4 Å². The fourth-order valence-electron chi connectivity index (χ4n) is 3.48. The highest BCUT2D eigenvalue weighted by molar-refractivity contribution is 7.89. The number of nitrogens with zero attached hydrogens (tertiary/aromatic N) is 2. The van der Waals surface area contributed by atoms with Crippen LogP contribution in [-0.4, -0.2) is 62.2 Å². The average molecular weight is 524 g/mol. The number of sulfonamides is 1. The minimum Gasteiger partial charge on any atom is -0.497 e. The van der Waals surface area contributed by atoms with Crippen molar-refractivity contribution < 1.29 is 22.7 Å². The van der Waals surface area contributed by atoms with E-state index in [2.05, 4.69) is 5.32 Å². The van der Waals surface area contributed by atoms with Crippen LogP contribution in [-0.2, 0) is 26.2 Å². The molecule has 0 aromatic heterocycles. The van der Waals surface area contributed by atoms with Crippen LogP contribution < -0.4 is 10.1 Å². The lowest BCUT2D eigenvalue weighted by Gasteiger charge is -2.32. The molecule has 0 saturated carbocycles. The Morgan fingerprint density at radius 2 is 1.74 bits per heavy atom. The smallest absolute Gasteiger partial charge is 0.243 e. The lowest BCUT2D eigenvalue weighted by atomic mass is 10.1. The van der Waals surface area contributed by atoms with Crippen molar-refractivity contribution in [3.63, 3.8) is 0 Å². The monoisotopic (exact) mass is 523 g/mol. The molecule has 0 fully saturated rings. The third-order valence-electron chi connectivity index (χ3n) is 5.75. The van der Waals surface area contributed by atoms with Gasteiger partial charge in [-0.2, -0.15) is 4.31 Å². The highest BCUT2D eigenvalue weighted by Gasteiger charge is 2.32. The average Bonchev–Trinajstić information content (AvgIpc) is 2.84. The molecule has 8 nitrogen and oxygen atoms in total. The first-order valence-electron chi connectivity index (χ1n) is 11.5. The van der Waals surface area contributed by atoms with E-state index in [0.717, 1.165) is 16.3 Å². The van der Waals surface area contributed by atoms with Gasteiger partial charge in [-0.1, -0.05) is 37.6 Å². The van der Waals surface area contributed by atoms with Gasteiger partial charge in [0.25, 0.3) is 0 Å². The number of benzene rings is 2. The van der Waals surface area contributed by atoms with Crippen LogP contribution in [0.15, 0.2) is 53.4 Å². The lowest BCUT2D eigenvalue weighted by molar-refractivity contribution is -0.141. The number of nitrogens with one attached hydrogen (secondary N) is 1. The molecule has 2 aromatic carbocycles. The second-order valence-electron chi connectivity index (χ2n) is 8.33. The Bertz CT molecular complexity index is 1110. The molecule has 2 unspecified atom stereocenters. The summed E-state index contributed by atoms with van der Waals surface area (Å²) in [5.41, 5.74) is 0.760. The molecule has 0 aliphatic heterocycles. The van der Waals surface area contributed by atoms with Crippen molar-refractivity contribution in [3.8, 4) is 5.75 Å². The quantitative estimate of drug-likeness (QED) is 0.457. The van der Waals surface area contributed by atoms with Crippen molar-refractivity contribution in [2.24, 2.45) is 0 Å². The zero-order valence-corrected chi connectivity index (χ0v) is 22.4.